The van der Waals surface area contributed by atoms with Gasteiger partial charge in [-0.15, -0.1) is 0 Å². The molecule has 0 bridgehead atoms. The molecule has 0 unspecified atom stereocenters. The van der Waals surface area contributed by atoms with Gasteiger partial charge in [0.2, 0.25) is 0 Å². The predicted molar refractivity (Wildman–Crippen MR) is 76.3 cm³/mol. The molecule has 2 heterocycles. The van der Waals surface area contributed by atoms with Crippen LogP contribution in [-0.4, -0.2) is 27.9 Å². The zero-order chi connectivity index (χ0) is 16.4. The minimum absolute atomic E-state index is 0.0200. The lowest BCUT2D eigenvalue weighted by Crippen LogP contribution is -2.15. The highest BCUT2D eigenvalue weighted by Gasteiger charge is 2.17. The quantitative estimate of drug-likeness (QED) is 0.783. The highest BCUT2D eigenvalue weighted by Crippen LogP contribution is 2.18. The van der Waals surface area contributed by atoms with Gasteiger partial charge in [-0.1, -0.05) is 0 Å². The lowest BCUT2D eigenvalue weighted by Gasteiger charge is -2.08. The van der Waals surface area contributed by atoms with Gasteiger partial charge in [-0.05, 0) is 18.2 Å². The van der Waals surface area contributed by atoms with Gasteiger partial charge in [-0.3, -0.25) is 9.29 Å². The van der Waals surface area contributed by atoms with Crippen molar-refractivity contribution in [3.8, 4) is 5.82 Å². The molecule has 0 aliphatic carbocycles. The van der Waals surface area contributed by atoms with E-state index >= 15 is 0 Å². The molecule has 3 rings (SSSR count). The molecule has 0 radical (unpaired) electrons. The Morgan fingerprint density at radius 3 is 2.61 bits per heavy atom. The van der Waals surface area contributed by atoms with Gasteiger partial charge >= 0.3 is 0 Å². The SMILES string of the molecule is O=S(=O)(Nc1cc(-n2ccnc2)ncn1)c1ccc(F)c(F)c1. The van der Waals surface area contributed by atoms with Crippen LogP contribution < -0.4 is 4.72 Å². The highest BCUT2D eigenvalue weighted by atomic mass is 32.2. The smallest absolute Gasteiger partial charge is 0.263 e. The van der Waals surface area contributed by atoms with Crippen molar-refractivity contribution in [1.82, 2.24) is 19.5 Å². The maximum absolute atomic E-state index is 13.2. The second-order valence-electron chi connectivity index (χ2n) is 4.41. The monoisotopic (exact) mass is 337 g/mol. The van der Waals surface area contributed by atoms with Gasteiger partial charge in [0, 0.05) is 18.5 Å². The van der Waals surface area contributed by atoms with E-state index in [0.29, 0.717) is 11.9 Å². The average Bonchev–Trinajstić information content (AvgIpc) is 3.04. The summed E-state index contributed by atoms with van der Waals surface area (Å²) in [4.78, 5) is 11.2. The van der Waals surface area contributed by atoms with Crippen LogP contribution >= 0.6 is 0 Å². The molecule has 1 N–H and O–H groups in total. The maximum Gasteiger partial charge on any atom is 0.263 e. The van der Waals surface area contributed by atoms with Gasteiger partial charge in [0.25, 0.3) is 10.0 Å². The third-order valence-corrected chi connectivity index (χ3v) is 4.21. The number of rotatable bonds is 4. The van der Waals surface area contributed by atoms with Crippen molar-refractivity contribution in [2.24, 2.45) is 0 Å². The summed E-state index contributed by atoms with van der Waals surface area (Å²) in [7, 11) is -4.11. The van der Waals surface area contributed by atoms with Crippen molar-refractivity contribution in [1.29, 1.82) is 0 Å². The van der Waals surface area contributed by atoms with E-state index in [1.165, 1.54) is 24.9 Å². The van der Waals surface area contributed by atoms with Crippen LogP contribution in [0.4, 0.5) is 14.6 Å². The molecule has 0 spiro atoms. The molecule has 2 aromatic heterocycles. The van der Waals surface area contributed by atoms with Crippen molar-refractivity contribution in [2.75, 3.05) is 4.72 Å². The number of anilines is 1. The van der Waals surface area contributed by atoms with Crippen LogP contribution in [0.2, 0.25) is 0 Å². The molecule has 0 saturated carbocycles. The summed E-state index contributed by atoms with van der Waals surface area (Å²) < 4.78 is 54.2. The van der Waals surface area contributed by atoms with Gasteiger partial charge in [0.15, 0.2) is 11.6 Å². The normalized spacial score (nSPS) is 11.4. The molecule has 3 aromatic rings. The molecule has 1 aromatic carbocycles. The zero-order valence-corrected chi connectivity index (χ0v) is 12.2. The first-order valence-corrected chi connectivity index (χ1v) is 7.72. The summed E-state index contributed by atoms with van der Waals surface area (Å²) in [6, 6.07) is 3.66. The largest absolute Gasteiger partial charge is 0.290 e. The summed E-state index contributed by atoms with van der Waals surface area (Å²) in [5.41, 5.74) is 0. The molecule has 0 amide bonds. The molecule has 0 aliphatic rings. The van der Waals surface area contributed by atoms with Crippen LogP contribution in [0.25, 0.3) is 5.82 Å². The van der Waals surface area contributed by atoms with Gasteiger partial charge in [-0.25, -0.2) is 32.2 Å². The van der Waals surface area contributed by atoms with E-state index in [4.69, 9.17) is 0 Å². The second kappa shape index (κ2) is 5.72. The van der Waals surface area contributed by atoms with Crippen molar-refractivity contribution in [2.45, 2.75) is 4.90 Å². The molecular formula is C13H9F2N5O2S. The lowest BCUT2D eigenvalue weighted by atomic mass is 10.3. The fourth-order valence-electron chi connectivity index (χ4n) is 1.78. The number of imidazole rings is 1. The van der Waals surface area contributed by atoms with E-state index in [1.807, 2.05) is 0 Å². The second-order valence-corrected chi connectivity index (χ2v) is 6.10. The first kappa shape index (κ1) is 15.0. The summed E-state index contributed by atoms with van der Waals surface area (Å²) in [5.74, 6) is -2.02. The van der Waals surface area contributed by atoms with Gasteiger partial charge in [0.05, 0.1) is 4.90 Å². The van der Waals surface area contributed by atoms with Crippen LogP contribution in [-0.2, 0) is 10.0 Å². The Bertz CT molecular complexity index is 945. The molecule has 7 nitrogen and oxygen atoms in total. The molecule has 10 heteroatoms. The minimum atomic E-state index is -4.11. The number of aromatic nitrogens is 4. The number of nitrogens with one attached hydrogen (secondary N) is 1. The van der Waals surface area contributed by atoms with Crippen LogP contribution in [0.15, 0.2) is 54.2 Å². The molecule has 0 atom stereocenters. The number of nitrogens with zero attached hydrogens (tertiary/aromatic N) is 4. The van der Waals surface area contributed by atoms with E-state index in [-0.39, 0.29) is 5.82 Å². The Balaban J connectivity index is 1.91. The van der Waals surface area contributed by atoms with E-state index in [9.17, 15) is 17.2 Å². The third kappa shape index (κ3) is 3.16. The van der Waals surface area contributed by atoms with Gasteiger partial charge in [-0.2, -0.15) is 0 Å². The Hall–Kier alpha value is -2.88. The standard InChI is InChI=1S/C13H9F2N5O2S/c14-10-2-1-9(5-11(10)15)23(21,22)19-12-6-13(18-7-17-12)20-4-3-16-8-20/h1-8H,(H,17,18,19). The fourth-order valence-corrected chi connectivity index (χ4v) is 2.79. The van der Waals surface area contributed by atoms with E-state index in [1.54, 1.807) is 10.8 Å². The van der Waals surface area contributed by atoms with Crippen LogP contribution in [0.5, 0.6) is 0 Å². The number of benzene rings is 1. The number of sulfonamides is 1. The summed E-state index contributed by atoms with van der Waals surface area (Å²) >= 11 is 0. The number of hydrogen-bond acceptors (Lipinski definition) is 5. The summed E-state index contributed by atoms with van der Waals surface area (Å²) in [6.07, 6.45) is 5.80. The topological polar surface area (TPSA) is 89.8 Å². The zero-order valence-electron chi connectivity index (χ0n) is 11.4. The Morgan fingerprint density at radius 2 is 1.91 bits per heavy atom. The summed E-state index contributed by atoms with van der Waals surface area (Å²) in [6.45, 7) is 0. The van der Waals surface area contributed by atoms with Crippen LogP contribution in [0.3, 0.4) is 0 Å². The van der Waals surface area contributed by atoms with Crippen molar-refractivity contribution in [3.63, 3.8) is 0 Å². The summed E-state index contributed by atoms with van der Waals surface area (Å²) in [5, 5.41) is 0. The molecule has 118 valence electrons. The van der Waals surface area contributed by atoms with Gasteiger partial charge in [0.1, 0.15) is 24.3 Å². The molecule has 23 heavy (non-hydrogen) atoms. The minimum Gasteiger partial charge on any atom is -0.290 e. The van der Waals surface area contributed by atoms with Crippen molar-refractivity contribution in [3.05, 3.63) is 60.9 Å². The third-order valence-electron chi connectivity index (χ3n) is 2.86. The van der Waals surface area contributed by atoms with E-state index in [2.05, 4.69) is 19.7 Å². The fraction of sp³-hybridized carbons (Fsp3) is 0. The first-order chi connectivity index (χ1) is 11.0. The molecular weight excluding hydrogens is 328 g/mol. The number of halogens is 2. The highest BCUT2D eigenvalue weighted by molar-refractivity contribution is 7.92. The Morgan fingerprint density at radius 1 is 1.09 bits per heavy atom. The van der Waals surface area contributed by atoms with Gasteiger partial charge < -0.3 is 0 Å². The first-order valence-electron chi connectivity index (χ1n) is 6.24. The van der Waals surface area contributed by atoms with Crippen molar-refractivity contribution < 1.29 is 17.2 Å². The van der Waals surface area contributed by atoms with E-state index in [0.717, 1.165) is 12.1 Å². The predicted octanol–water partition coefficient (Wildman–Crippen LogP) is 1.74. The van der Waals surface area contributed by atoms with Crippen LogP contribution in [0.1, 0.15) is 0 Å². The number of hydrogen-bond donors (Lipinski definition) is 1. The Kier molecular flexibility index (Phi) is 3.74. The molecule has 0 fully saturated rings. The lowest BCUT2D eigenvalue weighted by molar-refractivity contribution is 0.504. The Labute approximate surface area is 129 Å². The molecule has 0 saturated heterocycles. The van der Waals surface area contributed by atoms with E-state index < -0.39 is 26.6 Å². The average molecular weight is 337 g/mol. The van der Waals surface area contributed by atoms with Crippen LogP contribution in [0, 0.1) is 11.6 Å². The molecule has 0 aliphatic heterocycles. The van der Waals surface area contributed by atoms with Crippen molar-refractivity contribution >= 4 is 15.8 Å². The maximum atomic E-state index is 13.2.